The summed E-state index contributed by atoms with van der Waals surface area (Å²) in [6, 6.07) is 4.82. The van der Waals surface area contributed by atoms with E-state index in [1.54, 1.807) is 12.1 Å². The van der Waals surface area contributed by atoms with Gasteiger partial charge in [0.1, 0.15) is 0 Å². The third-order valence-corrected chi connectivity index (χ3v) is 4.92. The Hall–Kier alpha value is -0.980. The highest BCUT2D eigenvalue weighted by Gasteiger charge is 2.33. The Kier molecular flexibility index (Phi) is 3.76. The molecule has 0 spiro atoms. The van der Waals surface area contributed by atoms with Crippen LogP contribution in [0.5, 0.6) is 0 Å². The molecule has 6 heteroatoms. The van der Waals surface area contributed by atoms with Gasteiger partial charge in [-0.2, -0.15) is 4.31 Å². The quantitative estimate of drug-likeness (QED) is 0.857. The lowest BCUT2D eigenvalue weighted by molar-refractivity contribution is 0.257. The second-order valence-corrected chi connectivity index (χ2v) is 6.01. The highest BCUT2D eigenvalue weighted by molar-refractivity contribution is 7.89. The maximum absolute atomic E-state index is 12.4. The molecule has 0 radical (unpaired) electrons. The average Bonchev–Trinajstić information content (AvgIpc) is 2.39. The predicted octanol–water partition coefficient (Wildman–Crippen LogP) is 0.583. The van der Waals surface area contributed by atoms with Gasteiger partial charge in [0.05, 0.1) is 0 Å². The molecule has 94 valence electrons. The van der Waals surface area contributed by atoms with Gasteiger partial charge in [0.15, 0.2) is 5.03 Å². The minimum atomic E-state index is -3.48. The molecule has 0 amide bonds. The zero-order valence-corrected chi connectivity index (χ0v) is 10.4. The predicted molar refractivity (Wildman–Crippen MR) is 64.8 cm³/mol. The van der Waals surface area contributed by atoms with Gasteiger partial charge < -0.3 is 5.73 Å². The van der Waals surface area contributed by atoms with Gasteiger partial charge >= 0.3 is 0 Å². The van der Waals surface area contributed by atoms with E-state index in [1.807, 2.05) is 0 Å². The van der Waals surface area contributed by atoms with Crippen LogP contribution in [-0.2, 0) is 10.0 Å². The number of sulfonamides is 1. The monoisotopic (exact) mass is 255 g/mol. The summed E-state index contributed by atoms with van der Waals surface area (Å²) < 4.78 is 26.2. The van der Waals surface area contributed by atoms with Crippen LogP contribution in [0.2, 0.25) is 0 Å². The summed E-state index contributed by atoms with van der Waals surface area (Å²) in [5, 5.41) is 0.111. The van der Waals surface area contributed by atoms with Crippen molar-refractivity contribution in [2.75, 3.05) is 13.1 Å². The highest BCUT2D eigenvalue weighted by atomic mass is 32.2. The van der Waals surface area contributed by atoms with Gasteiger partial charge in [0.2, 0.25) is 0 Å². The lowest BCUT2D eigenvalue weighted by Gasteiger charge is -2.33. The van der Waals surface area contributed by atoms with Gasteiger partial charge in [-0.15, -0.1) is 0 Å². The zero-order valence-electron chi connectivity index (χ0n) is 9.62. The van der Waals surface area contributed by atoms with Crippen molar-refractivity contribution >= 4 is 10.0 Å². The molecule has 1 aromatic rings. The van der Waals surface area contributed by atoms with E-state index in [2.05, 4.69) is 4.98 Å². The van der Waals surface area contributed by atoms with Gasteiger partial charge in [-0.05, 0) is 25.0 Å². The standard InChI is InChI=1S/C11H17N3O2S/c12-9-10-5-2-4-8-14(10)17(15,16)11-6-1-3-7-13-11/h1,3,6-7,10H,2,4-5,8-9,12H2/t10-/m0/s1. The van der Waals surface area contributed by atoms with Crippen LogP contribution in [0.15, 0.2) is 29.4 Å². The van der Waals surface area contributed by atoms with Crippen molar-refractivity contribution in [2.45, 2.75) is 30.3 Å². The highest BCUT2D eigenvalue weighted by Crippen LogP contribution is 2.23. The van der Waals surface area contributed by atoms with Crippen LogP contribution in [-0.4, -0.2) is 36.8 Å². The number of piperidine rings is 1. The number of pyridine rings is 1. The Bertz CT molecular complexity index is 461. The maximum Gasteiger partial charge on any atom is 0.260 e. The molecule has 2 heterocycles. The van der Waals surface area contributed by atoms with E-state index in [9.17, 15) is 8.42 Å². The molecule has 17 heavy (non-hydrogen) atoms. The van der Waals surface area contributed by atoms with Crippen LogP contribution < -0.4 is 5.73 Å². The topological polar surface area (TPSA) is 76.3 Å². The largest absolute Gasteiger partial charge is 0.329 e. The van der Waals surface area contributed by atoms with Crippen molar-refractivity contribution in [2.24, 2.45) is 5.73 Å². The van der Waals surface area contributed by atoms with E-state index in [4.69, 9.17) is 5.73 Å². The normalized spacial score (nSPS) is 22.5. The molecule has 5 nitrogen and oxygen atoms in total. The minimum Gasteiger partial charge on any atom is -0.329 e. The van der Waals surface area contributed by atoms with Crippen molar-refractivity contribution in [3.63, 3.8) is 0 Å². The fourth-order valence-corrected chi connectivity index (χ4v) is 3.78. The Morgan fingerprint density at radius 2 is 2.24 bits per heavy atom. The van der Waals surface area contributed by atoms with Gasteiger partial charge in [0.25, 0.3) is 10.0 Å². The molecule has 2 rings (SSSR count). The molecule has 1 aliphatic rings. The molecular weight excluding hydrogens is 238 g/mol. The first-order chi connectivity index (χ1) is 8.16. The fraction of sp³-hybridized carbons (Fsp3) is 0.545. The van der Waals surface area contributed by atoms with Crippen LogP contribution in [0.25, 0.3) is 0 Å². The average molecular weight is 255 g/mol. The number of nitrogens with two attached hydrogens (primary N) is 1. The molecule has 0 unspecified atom stereocenters. The lowest BCUT2D eigenvalue weighted by Crippen LogP contribution is -2.47. The SMILES string of the molecule is NC[C@@H]1CCCCN1S(=O)(=O)c1ccccn1. The lowest BCUT2D eigenvalue weighted by atomic mass is 10.1. The van der Waals surface area contributed by atoms with E-state index in [0.29, 0.717) is 13.1 Å². The third-order valence-electron chi connectivity index (χ3n) is 3.06. The van der Waals surface area contributed by atoms with E-state index in [0.717, 1.165) is 19.3 Å². The first-order valence-corrected chi connectivity index (χ1v) is 7.23. The van der Waals surface area contributed by atoms with Crippen LogP contribution in [0.1, 0.15) is 19.3 Å². The summed E-state index contributed by atoms with van der Waals surface area (Å²) in [6.45, 7) is 0.910. The van der Waals surface area contributed by atoms with Crippen LogP contribution in [0.3, 0.4) is 0 Å². The van der Waals surface area contributed by atoms with Gasteiger partial charge in [-0.25, -0.2) is 13.4 Å². The molecule has 1 saturated heterocycles. The van der Waals surface area contributed by atoms with Crippen molar-refractivity contribution in [3.8, 4) is 0 Å². The van der Waals surface area contributed by atoms with Gasteiger partial charge in [-0.3, -0.25) is 0 Å². The second-order valence-electron chi connectivity index (χ2n) is 4.17. The molecule has 0 saturated carbocycles. The molecule has 0 aromatic carbocycles. The summed E-state index contributed by atoms with van der Waals surface area (Å²) >= 11 is 0. The summed E-state index contributed by atoms with van der Waals surface area (Å²) in [7, 11) is -3.48. The Balaban J connectivity index is 2.31. The first kappa shape index (κ1) is 12.5. The van der Waals surface area contributed by atoms with Crippen molar-refractivity contribution in [1.82, 2.24) is 9.29 Å². The molecule has 0 aliphatic carbocycles. The van der Waals surface area contributed by atoms with E-state index in [-0.39, 0.29) is 11.1 Å². The summed E-state index contributed by atoms with van der Waals surface area (Å²) in [5.74, 6) is 0. The maximum atomic E-state index is 12.4. The van der Waals surface area contributed by atoms with Gasteiger partial charge in [0, 0.05) is 25.3 Å². The molecular formula is C11H17N3O2S. The van der Waals surface area contributed by atoms with E-state index >= 15 is 0 Å². The molecule has 1 fully saturated rings. The van der Waals surface area contributed by atoms with Crippen LogP contribution in [0, 0.1) is 0 Å². The number of rotatable bonds is 3. The number of nitrogens with zero attached hydrogens (tertiary/aromatic N) is 2. The minimum absolute atomic E-state index is 0.0873. The molecule has 1 atom stereocenters. The molecule has 2 N–H and O–H groups in total. The van der Waals surface area contributed by atoms with E-state index in [1.165, 1.54) is 16.6 Å². The smallest absolute Gasteiger partial charge is 0.260 e. The molecule has 0 bridgehead atoms. The third kappa shape index (κ3) is 2.48. The molecule has 1 aliphatic heterocycles. The van der Waals surface area contributed by atoms with Crippen LogP contribution in [0.4, 0.5) is 0 Å². The number of hydrogen-bond donors (Lipinski definition) is 1. The summed E-state index contributed by atoms with van der Waals surface area (Å²) in [5.41, 5.74) is 5.64. The van der Waals surface area contributed by atoms with E-state index < -0.39 is 10.0 Å². The Morgan fingerprint density at radius 1 is 1.41 bits per heavy atom. The van der Waals surface area contributed by atoms with Crippen molar-refractivity contribution in [1.29, 1.82) is 0 Å². The Morgan fingerprint density at radius 3 is 2.88 bits per heavy atom. The number of hydrogen-bond acceptors (Lipinski definition) is 4. The van der Waals surface area contributed by atoms with Crippen molar-refractivity contribution < 1.29 is 8.42 Å². The van der Waals surface area contributed by atoms with Gasteiger partial charge in [-0.1, -0.05) is 12.5 Å². The number of aromatic nitrogens is 1. The zero-order chi connectivity index (χ0) is 12.3. The summed E-state index contributed by atoms with van der Waals surface area (Å²) in [4.78, 5) is 3.92. The fourth-order valence-electron chi connectivity index (χ4n) is 2.15. The summed E-state index contributed by atoms with van der Waals surface area (Å²) in [6.07, 6.45) is 4.26. The van der Waals surface area contributed by atoms with Crippen molar-refractivity contribution in [3.05, 3.63) is 24.4 Å². The Labute approximate surface area is 102 Å². The molecule has 1 aromatic heterocycles. The second kappa shape index (κ2) is 5.12. The van der Waals surface area contributed by atoms with Crippen LogP contribution >= 0.6 is 0 Å². The first-order valence-electron chi connectivity index (χ1n) is 5.79.